The predicted molar refractivity (Wildman–Crippen MR) is 266 cm³/mol. The fraction of sp³-hybridized carbons (Fsp3) is 0.365. The molecule has 366 valence electrons. The van der Waals surface area contributed by atoms with Crippen molar-refractivity contribution in [3.8, 4) is 33.4 Å². The number of halogens is 3. The third-order valence-electron chi connectivity index (χ3n) is 12.3. The first kappa shape index (κ1) is 51.2. The van der Waals surface area contributed by atoms with Crippen LogP contribution < -0.4 is 25.2 Å². The Hall–Kier alpha value is -6.68. The summed E-state index contributed by atoms with van der Waals surface area (Å²) < 4.78 is 52.9. The van der Waals surface area contributed by atoms with Crippen LogP contribution in [0, 0.1) is 23.7 Å². The largest absolute Gasteiger partial charge is 0.491 e. The van der Waals surface area contributed by atoms with Gasteiger partial charge in [0.2, 0.25) is 17.7 Å². The number of alkyl halides is 3. The maximum absolute atomic E-state index is 14.0. The minimum Gasteiger partial charge on any atom is -0.491 e. The molecule has 13 nitrogen and oxygen atoms in total. The SMILES string of the molecule is Cc1ncsc1-c1ccc(CNC(=O)[C@@H]2CCCN2C(=O)C(NC(=O)CCOCCOc2ccc(-c3ccc(N4C(=S)N(c5ccc(C#N)c(C(F)(F)F)c5)C(=O)C4(C)C)cc3)cc2)C(C)(C)C)cc1. The van der Waals surface area contributed by atoms with Gasteiger partial charge in [-0.1, -0.05) is 69.3 Å². The summed E-state index contributed by atoms with van der Waals surface area (Å²) in [6.07, 6.45) is -3.57. The Morgan fingerprint density at radius 3 is 2.19 bits per heavy atom. The van der Waals surface area contributed by atoms with E-state index in [0.717, 1.165) is 49.9 Å². The van der Waals surface area contributed by atoms with Gasteiger partial charge in [-0.3, -0.25) is 24.1 Å². The highest BCUT2D eigenvalue weighted by Gasteiger charge is 2.51. The summed E-state index contributed by atoms with van der Waals surface area (Å²) in [6, 6.07) is 25.7. The average Bonchev–Trinajstić information content (AvgIpc) is 4.04. The number of thiocarbonyl (C=S) groups is 1. The van der Waals surface area contributed by atoms with E-state index >= 15 is 0 Å². The summed E-state index contributed by atoms with van der Waals surface area (Å²) in [5, 5.41) is 15.1. The lowest BCUT2D eigenvalue weighted by molar-refractivity contribution is -0.144. The number of nitrogens with one attached hydrogen (secondary N) is 2. The second-order valence-corrected chi connectivity index (χ2v) is 19.9. The summed E-state index contributed by atoms with van der Waals surface area (Å²) in [6.45, 7) is 12.2. The molecule has 0 aliphatic carbocycles. The molecular weight excluding hydrogens is 940 g/mol. The molecule has 0 radical (unpaired) electrons. The van der Waals surface area contributed by atoms with Gasteiger partial charge in [-0.25, -0.2) is 4.98 Å². The number of nitrogens with zero attached hydrogens (tertiary/aromatic N) is 5. The zero-order chi connectivity index (χ0) is 50.5. The van der Waals surface area contributed by atoms with Gasteiger partial charge in [0.1, 0.15) is 30.0 Å². The van der Waals surface area contributed by atoms with Gasteiger partial charge in [0.05, 0.1) is 52.2 Å². The van der Waals surface area contributed by atoms with E-state index in [1.165, 1.54) is 6.07 Å². The minimum absolute atomic E-state index is 0.00260. The maximum Gasteiger partial charge on any atom is 0.417 e. The molecule has 18 heteroatoms. The Labute approximate surface area is 414 Å². The van der Waals surface area contributed by atoms with Crippen LogP contribution in [0.15, 0.2) is 96.5 Å². The van der Waals surface area contributed by atoms with E-state index in [4.69, 9.17) is 21.7 Å². The van der Waals surface area contributed by atoms with Gasteiger partial charge in [0, 0.05) is 25.2 Å². The Balaban J connectivity index is 0.852. The summed E-state index contributed by atoms with van der Waals surface area (Å²) in [5.74, 6) is -0.786. The van der Waals surface area contributed by atoms with Crippen LogP contribution in [0.1, 0.15) is 76.3 Å². The van der Waals surface area contributed by atoms with Crippen molar-refractivity contribution in [1.82, 2.24) is 20.5 Å². The smallest absolute Gasteiger partial charge is 0.417 e. The van der Waals surface area contributed by atoms with E-state index in [2.05, 4.69) is 15.6 Å². The number of amides is 4. The highest BCUT2D eigenvalue weighted by atomic mass is 32.1. The normalized spacial score (nSPS) is 16.3. The molecule has 5 aromatic rings. The minimum atomic E-state index is -4.80. The molecular formula is C52H54F3N7O6S2. The highest BCUT2D eigenvalue weighted by Crippen LogP contribution is 2.40. The molecule has 2 aliphatic heterocycles. The van der Waals surface area contributed by atoms with Crippen molar-refractivity contribution >= 4 is 63.7 Å². The van der Waals surface area contributed by atoms with E-state index in [1.807, 2.05) is 81.7 Å². The van der Waals surface area contributed by atoms with Crippen molar-refractivity contribution in [2.24, 2.45) is 5.41 Å². The summed E-state index contributed by atoms with van der Waals surface area (Å²) >= 11 is 7.25. The molecule has 7 rings (SSSR count). The fourth-order valence-electron chi connectivity index (χ4n) is 8.50. The van der Waals surface area contributed by atoms with Gasteiger partial charge < -0.3 is 29.9 Å². The number of thiazole rings is 1. The number of likely N-dealkylation sites (tertiary alicyclic amines) is 1. The number of carbonyl (C=O) groups excluding carboxylic acids is 4. The fourth-order valence-corrected chi connectivity index (χ4v) is 9.84. The van der Waals surface area contributed by atoms with Crippen LogP contribution in [0.25, 0.3) is 21.6 Å². The quantitative estimate of drug-likeness (QED) is 0.0722. The molecule has 2 fully saturated rings. The molecule has 4 amide bonds. The standard InChI is InChI=1S/C52H54F3N7O6S2/c1-32-44(70-31-58-32)36-11-9-33(10-12-36)30-57-46(64)42-8-7-24-60(42)47(65)45(50(2,3)4)59-43(63)23-25-67-26-27-68-40-21-16-35(17-22-40)34-13-18-38(19-14-34)62-49(69)61(48(66)51(62,5)6)39-20-15-37(29-56)41(28-39)52(53,54)55/h9-22,28,31,42,45H,7-8,23-27,30H2,1-6H3,(H,57,64)(H,59,63)/t42-,45?/m0/s1. The highest BCUT2D eigenvalue weighted by molar-refractivity contribution is 7.81. The predicted octanol–water partition coefficient (Wildman–Crippen LogP) is 9.22. The summed E-state index contributed by atoms with van der Waals surface area (Å²) in [7, 11) is 0. The molecule has 2 atom stereocenters. The van der Waals surface area contributed by atoms with Gasteiger partial charge in [-0.2, -0.15) is 18.4 Å². The van der Waals surface area contributed by atoms with E-state index in [1.54, 1.807) is 65.3 Å². The maximum atomic E-state index is 14.0. The monoisotopic (exact) mass is 993 g/mol. The number of benzene rings is 4. The van der Waals surface area contributed by atoms with Gasteiger partial charge in [0.15, 0.2) is 5.11 Å². The van der Waals surface area contributed by atoms with Crippen LogP contribution in [0.3, 0.4) is 0 Å². The third kappa shape index (κ3) is 11.3. The number of rotatable bonds is 16. The second kappa shape index (κ2) is 21.1. The number of aromatic nitrogens is 1. The van der Waals surface area contributed by atoms with Gasteiger partial charge in [0.25, 0.3) is 5.91 Å². The topological polar surface area (TPSA) is 157 Å². The van der Waals surface area contributed by atoms with E-state index < -0.39 is 46.2 Å². The number of ether oxygens (including phenoxy) is 2. The van der Waals surface area contributed by atoms with Crippen molar-refractivity contribution in [2.75, 3.05) is 36.2 Å². The Bertz CT molecular complexity index is 2780. The number of anilines is 2. The van der Waals surface area contributed by atoms with Crippen molar-refractivity contribution in [3.05, 3.63) is 119 Å². The molecule has 0 bridgehead atoms. The number of hydrogen-bond acceptors (Lipinski definition) is 10. The molecule has 0 spiro atoms. The number of aryl methyl sites for hydroxylation is 1. The zero-order valence-corrected chi connectivity index (χ0v) is 41.3. The number of hydrogen-bond donors (Lipinski definition) is 2. The molecule has 1 unspecified atom stereocenters. The lowest BCUT2D eigenvalue weighted by Gasteiger charge is -2.35. The first-order valence-electron chi connectivity index (χ1n) is 22.8. The van der Waals surface area contributed by atoms with Crippen LogP contribution in [-0.4, -0.2) is 82.6 Å². The Kier molecular flexibility index (Phi) is 15.4. The van der Waals surface area contributed by atoms with Crippen molar-refractivity contribution in [2.45, 2.75) is 91.1 Å². The average molecular weight is 994 g/mol. The van der Waals surface area contributed by atoms with Gasteiger partial charge in [-0.15, -0.1) is 11.3 Å². The number of nitriles is 1. The van der Waals surface area contributed by atoms with Crippen LogP contribution >= 0.6 is 23.6 Å². The third-order valence-corrected chi connectivity index (χ3v) is 13.7. The molecule has 1 aromatic heterocycles. The van der Waals surface area contributed by atoms with Crippen LogP contribution in [0.5, 0.6) is 5.75 Å². The molecule has 70 heavy (non-hydrogen) atoms. The molecule has 2 aliphatic rings. The van der Waals surface area contributed by atoms with E-state index in [-0.39, 0.29) is 54.8 Å². The molecule has 2 saturated heterocycles. The van der Waals surface area contributed by atoms with Crippen molar-refractivity contribution in [3.63, 3.8) is 0 Å². The molecule has 0 saturated carbocycles. The lowest BCUT2D eigenvalue weighted by Crippen LogP contribution is -2.57. The van der Waals surface area contributed by atoms with Crippen molar-refractivity contribution in [1.29, 1.82) is 5.26 Å². The first-order valence-corrected chi connectivity index (χ1v) is 24.1. The Morgan fingerprint density at radius 1 is 0.929 bits per heavy atom. The van der Waals surface area contributed by atoms with Crippen LogP contribution in [0.4, 0.5) is 24.5 Å². The second-order valence-electron chi connectivity index (χ2n) is 18.7. The summed E-state index contributed by atoms with van der Waals surface area (Å²) in [4.78, 5) is 63.8. The molecule has 2 N–H and O–H groups in total. The Morgan fingerprint density at radius 2 is 1.57 bits per heavy atom. The van der Waals surface area contributed by atoms with E-state index in [0.29, 0.717) is 37.4 Å². The summed E-state index contributed by atoms with van der Waals surface area (Å²) in [5.41, 5.74) is 3.44. The van der Waals surface area contributed by atoms with E-state index in [9.17, 15) is 37.6 Å². The van der Waals surface area contributed by atoms with Gasteiger partial charge in [-0.05, 0) is 116 Å². The molecule has 3 heterocycles. The number of carbonyl (C=O) groups is 4. The van der Waals surface area contributed by atoms with Gasteiger partial charge >= 0.3 is 6.18 Å². The molecule has 4 aromatic carbocycles. The van der Waals surface area contributed by atoms with Crippen LogP contribution in [0.2, 0.25) is 0 Å². The first-order chi connectivity index (χ1) is 33.2. The van der Waals surface area contributed by atoms with Crippen LogP contribution in [-0.2, 0) is 36.6 Å². The van der Waals surface area contributed by atoms with Crippen molar-refractivity contribution < 1.29 is 41.8 Å². The lowest BCUT2D eigenvalue weighted by atomic mass is 9.85. The zero-order valence-electron chi connectivity index (χ0n) is 39.7.